The van der Waals surface area contributed by atoms with E-state index >= 15 is 0 Å². The molecule has 0 aliphatic carbocycles. The van der Waals surface area contributed by atoms with Crippen LogP contribution in [-0.2, 0) is 19.7 Å². The van der Waals surface area contributed by atoms with E-state index < -0.39 is 5.41 Å². The van der Waals surface area contributed by atoms with Crippen molar-refractivity contribution in [3.05, 3.63) is 35.9 Å². The summed E-state index contributed by atoms with van der Waals surface area (Å²) in [6, 6.07) is 9.92. The summed E-state index contributed by atoms with van der Waals surface area (Å²) in [4.78, 5) is 24.9. The van der Waals surface area contributed by atoms with Crippen LogP contribution in [0, 0.1) is 5.92 Å². The Morgan fingerprint density at radius 2 is 1.76 bits per heavy atom. The van der Waals surface area contributed by atoms with Crippen molar-refractivity contribution < 1.29 is 14.3 Å². The second-order valence-electron chi connectivity index (χ2n) is 6.79. The zero-order chi connectivity index (χ0) is 17.6. The second-order valence-corrected chi connectivity index (χ2v) is 6.79. The number of hydrogen-bond acceptors (Lipinski definition) is 4. The first kappa shape index (κ1) is 21.5. The number of carbonyl (C=O) groups excluding carboxylic acids is 2. The van der Waals surface area contributed by atoms with Gasteiger partial charge in [-0.1, -0.05) is 37.3 Å². The number of benzene rings is 1. The molecule has 0 saturated carbocycles. The van der Waals surface area contributed by atoms with Gasteiger partial charge in [-0.15, -0.1) is 12.4 Å². The molecular weight excluding hydrogens is 340 g/mol. The van der Waals surface area contributed by atoms with Crippen LogP contribution in [-0.4, -0.2) is 37.6 Å². The maximum atomic E-state index is 13.0. The molecule has 1 aromatic rings. The van der Waals surface area contributed by atoms with Crippen molar-refractivity contribution in [2.75, 3.05) is 19.6 Å². The number of piperidine rings is 1. The molecule has 1 saturated heterocycles. The molecule has 140 valence electrons. The monoisotopic (exact) mass is 368 g/mol. The molecule has 0 spiro atoms. The number of hydrogen-bond donors (Lipinski definition) is 2. The lowest BCUT2D eigenvalue weighted by Gasteiger charge is -2.37. The van der Waals surface area contributed by atoms with Crippen molar-refractivity contribution in [3.63, 3.8) is 0 Å². The highest BCUT2D eigenvalue weighted by atomic mass is 35.5. The van der Waals surface area contributed by atoms with E-state index in [2.05, 4.69) is 10.6 Å². The first-order valence-electron chi connectivity index (χ1n) is 8.71. The Kier molecular flexibility index (Phi) is 8.39. The van der Waals surface area contributed by atoms with Crippen LogP contribution in [0.3, 0.4) is 0 Å². The summed E-state index contributed by atoms with van der Waals surface area (Å²) in [6.45, 7) is 7.35. The minimum atomic E-state index is -0.520. The fraction of sp³-hybridized carbons (Fsp3) is 0.579. The van der Waals surface area contributed by atoms with E-state index in [1.807, 2.05) is 44.2 Å². The van der Waals surface area contributed by atoms with Crippen LogP contribution in [0.15, 0.2) is 30.3 Å². The molecule has 1 fully saturated rings. The van der Waals surface area contributed by atoms with Crippen molar-refractivity contribution in [1.29, 1.82) is 0 Å². The van der Waals surface area contributed by atoms with Crippen molar-refractivity contribution >= 4 is 24.3 Å². The molecule has 1 unspecified atom stereocenters. The Balaban J connectivity index is 0.00000312. The maximum Gasteiger partial charge on any atom is 0.310 e. The van der Waals surface area contributed by atoms with Gasteiger partial charge in [0.05, 0.1) is 17.4 Å². The molecule has 1 aliphatic rings. The lowest BCUT2D eigenvalue weighted by Crippen LogP contribution is -2.51. The summed E-state index contributed by atoms with van der Waals surface area (Å²) in [5.74, 6) is -0.630. The molecule has 2 rings (SSSR count). The fourth-order valence-electron chi connectivity index (χ4n) is 3.10. The third-order valence-electron chi connectivity index (χ3n) is 4.54. The minimum absolute atomic E-state index is 0. The Morgan fingerprint density at radius 3 is 2.32 bits per heavy atom. The summed E-state index contributed by atoms with van der Waals surface area (Å²) < 4.78 is 5.20. The third-order valence-corrected chi connectivity index (χ3v) is 4.54. The summed E-state index contributed by atoms with van der Waals surface area (Å²) in [5.41, 5.74) is 0.523. The lowest BCUT2D eigenvalue weighted by molar-refractivity contribution is -0.151. The number of esters is 1. The van der Waals surface area contributed by atoms with Gasteiger partial charge in [0.2, 0.25) is 5.91 Å². The van der Waals surface area contributed by atoms with Gasteiger partial charge < -0.3 is 15.4 Å². The molecule has 1 aromatic carbocycles. The van der Waals surface area contributed by atoms with Gasteiger partial charge in [-0.05, 0) is 45.3 Å². The topological polar surface area (TPSA) is 67.4 Å². The molecule has 25 heavy (non-hydrogen) atoms. The number of rotatable bonds is 6. The van der Waals surface area contributed by atoms with Gasteiger partial charge in [0.1, 0.15) is 0 Å². The molecular formula is C19H29ClN2O3. The van der Waals surface area contributed by atoms with E-state index in [1.165, 1.54) is 0 Å². The summed E-state index contributed by atoms with van der Waals surface area (Å²) in [7, 11) is 0. The van der Waals surface area contributed by atoms with Gasteiger partial charge in [-0.25, -0.2) is 0 Å². The fourth-order valence-corrected chi connectivity index (χ4v) is 3.10. The molecule has 6 heteroatoms. The largest absolute Gasteiger partial charge is 0.463 e. The molecule has 1 heterocycles. The quantitative estimate of drug-likeness (QED) is 0.757. The molecule has 5 nitrogen and oxygen atoms in total. The van der Waals surface area contributed by atoms with Gasteiger partial charge in [0, 0.05) is 6.54 Å². The number of nitrogens with one attached hydrogen (secondary N) is 2. The van der Waals surface area contributed by atoms with Gasteiger partial charge in [0.15, 0.2) is 0 Å². The predicted octanol–water partition coefficient (Wildman–Crippen LogP) is 2.43. The summed E-state index contributed by atoms with van der Waals surface area (Å²) in [6.07, 6.45) is 1.37. The maximum absolute atomic E-state index is 13.0. The van der Waals surface area contributed by atoms with Crippen LogP contribution in [0.5, 0.6) is 0 Å². The van der Waals surface area contributed by atoms with Crippen LogP contribution in [0.4, 0.5) is 0 Å². The number of halogens is 1. The number of ether oxygens (including phenoxy) is 1. The standard InChI is InChI=1S/C19H28N2O3.ClH/c1-14(2)24-17(22)15(3)13-21-18(23)19(9-11-20-12-10-19)16-7-5-4-6-8-16;/h4-8,14-15,20H,9-13H2,1-3H3,(H,21,23);1H. The van der Waals surface area contributed by atoms with Crippen LogP contribution in [0.25, 0.3) is 0 Å². The summed E-state index contributed by atoms with van der Waals surface area (Å²) >= 11 is 0. The van der Waals surface area contributed by atoms with Crippen molar-refractivity contribution in [3.8, 4) is 0 Å². The molecule has 2 N–H and O–H groups in total. The van der Waals surface area contributed by atoms with E-state index in [9.17, 15) is 9.59 Å². The van der Waals surface area contributed by atoms with Gasteiger partial charge in [-0.2, -0.15) is 0 Å². The highest BCUT2D eigenvalue weighted by Gasteiger charge is 2.41. The Morgan fingerprint density at radius 1 is 1.16 bits per heavy atom. The van der Waals surface area contributed by atoms with Crippen molar-refractivity contribution in [2.24, 2.45) is 5.92 Å². The van der Waals surface area contributed by atoms with Crippen molar-refractivity contribution in [1.82, 2.24) is 10.6 Å². The Bertz CT molecular complexity index is 557. The molecule has 0 aromatic heterocycles. The average Bonchev–Trinajstić information content (AvgIpc) is 2.60. The molecule has 1 aliphatic heterocycles. The molecule has 1 amide bonds. The zero-order valence-electron chi connectivity index (χ0n) is 15.2. The van der Waals surface area contributed by atoms with Crippen LogP contribution < -0.4 is 10.6 Å². The van der Waals surface area contributed by atoms with Crippen LogP contribution in [0.2, 0.25) is 0 Å². The van der Waals surface area contributed by atoms with Crippen LogP contribution in [0.1, 0.15) is 39.2 Å². The Hall–Kier alpha value is -1.59. The number of amides is 1. The molecule has 1 atom stereocenters. The average molecular weight is 369 g/mol. The van der Waals surface area contributed by atoms with E-state index in [-0.39, 0.29) is 36.3 Å². The SMILES string of the molecule is CC(C)OC(=O)C(C)CNC(=O)C1(c2ccccc2)CCNCC1.Cl. The van der Waals surface area contributed by atoms with Gasteiger partial charge in [-0.3, -0.25) is 9.59 Å². The lowest BCUT2D eigenvalue weighted by atomic mass is 9.72. The minimum Gasteiger partial charge on any atom is -0.463 e. The molecule has 0 bridgehead atoms. The first-order chi connectivity index (χ1) is 11.5. The smallest absolute Gasteiger partial charge is 0.310 e. The number of carbonyl (C=O) groups is 2. The Labute approximate surface area is 156 Å². The summed E-state index contributed by atoms with van der Waals surface area (Å²) in [5, 5.41) is 6.29. The van der Waals surface area contributed by atoms with Crippen molar-refractivity contribution in [2.45, 2.75) is 45.1 Å². The van der Waals surface area contributed by atoms with Crippen LogP contribution >= 0.6 is 12.4 Å². The normalized spacial score (nSPS) is 17.3. The highest BCUT2D eigenvalue weighted by molar-refractivity contribution is 5.89. The van der Waals surface area contributed by atoms with E-state index in [0.717, 1.165) is 31.5 Å². The second kappa shape index (κ2) is 9.78. The van der Waals surface area contributed by atoms with E-state index in [1.54, 1.807) is 6.92 Å². The first-order valence-corrected chi connectivity index (χ1v) is 8.71. The van der Waals surface area contributed by atoms with Gasteiger partial charge >= 0.3 is 5.97 Å². The third kappa shape index (κ3) is 5.44. The highest BCUT2D eigenvalue weighted by Crippen LogP contribution is 2.33. The zero-order valence-corrected chi connectivity index (χ0v) is 16.0. The molecule has 0 radical (unpaired) electrons. The predicted molar refractivity (Wildman–Crippen MR) is 101 cm³/mol. The van der Waals surface area contributed by atoms with E-state index in [0.29, 0.717) is 6.54 Å². The van der Waals surface area contributed by atoms with Gasteiger partial charge in [0.25, 0.3) is 0 Å². The van der Waals surface area contributed by atoms with E-state index in [4.69, 9.17) is 4.74 Å².